The summed E-state index contributed by atoms with van der Waals surface area (Å²) in [7, 11) is 0. The van der Waals surface area contributed by atoms with Crippen LogP contribution in [0, 0.1) is 22.7 Å². The molecular formula is C44H24N4O. The Hall–Kier alpha value is -7.08. The SMILES string of the molecule is N#Cc1cc(-c2ccc(-n3c4ccccc4c4c5c(ccc43)oc3ccccc35)c(C#N)c2)ccc1-n1c2ccccc2c2ccccc21. The molecule has 5 nitrogen and oxygen atoms in total. The summed E-state index contributed by atoms with van der Waals surface area (Å²) in [5, 5.41) is 27.6. The van der Waals surface area contributed by atoms with Gasteiger partial charge in [0.15, 0.2) is 0 Å². The maximum Gasteiger partial charge on any atom is 0.136 e. The first kappa shape index (κ1) is 27.1. The highest BCUT2D eigenvalue weighted by Gasteiger charge is 2.21. The van der Waals surface area contributed by atoms with E-state index in [1.54, 1.807) is 0 Å². The van der Waals surface area contributed by atoms with Gasteiger partial charge in [0, 0.05) is 32.3 Å². The van der Waals surface area contributed by atoms with Crippen LogP contribution in [0.2, 0.25) is 0 Å². The summed E-state index contributed by atoms with van der Waals surface area (Å²) >= 11 is 0. The second-order valence-electron chi connectivity index (χ2n) is 12.3. The number of nitriles is 2. The molecule has 226 valence electrons. The lowest BCUT2D eigenvalue weighted by Gasteiger charge is -2.14. The quantitative estimate of drug-likeness (QED) is 0.196. The molecule has 0 bridgehead atoms. The molecule has 0 radical (unpaired) electrons. The number of para-hydroxylation sites is 4. The Kier molecular flexibility index (Phi) is 5.64. The normalized spacial score (nSPS) is 11.6. The van der Waals surface area contributed by atoms with E-state index in [0.29, 0.717) is 11.1 Å². The second-order valence-corrected chi connectivity index (χ2v) is 12.3. The molecule has 0 saturated carbocycles. The highest BCUT2D eigenvalue weighted by Crippen LogP contribution is 2.42. The topological polar surface area (TPSA) is 70.6 Å². The van der Waals surface area contributed by atoms with Crippen molar-refractivity contribution < 1.29 is 4.42 Å². The number of hydrogen-bond donors (Lipinski definition) is 0. The minimum atomic E-state index is 0.544. The average molecular weight is 625 g/mol. The van der Waals surface area contributed by atoms with E-state index in [0.717, 1.165) is 88.1 Å². The lowest BCUT2D eigenvalue weighted by molar-refractivity contribution is 0.669. The number of hydrogen-bond acceptors (Lipinski definition) is 3. The fourth-order valence-corrected chi connectivity index (χ4v) is 7.72. The molecule has 10 aromatic rings. The molecule has 10 rings (SSSR count). The summed E-state index contributed by atoms with van der Waals surface area (Å²) in [4.78, 5) is 0. The lowest BCUT2D eigenvalue weighted by atomic mass is 9.99. The fourth-order valence-electron chi connectivity index (χ4n) is 7.72. The van der Waals surface area contributed by atoms with Gasteiger partial charge in [0.2, 0.25) is 0 Å². The minimum absolute atomic E-state index is 0.544. The van der Waals surface area contributed by atoms with Crippen molar-refractivity contribution >= 4 is 65.6 Å². The number of benzene rings is 7. The van der Waals surface area contributed by atoms with Crippen LogP contribution in [0.3, 0.4) is 0 Å². The molecule has 0 aliphatic heterocycles. The van der Waals surface area contributed by atoms with Gasteiger partial charge in [0.25, 0.3) is 0 Å². The predicted molar refractivity (Wildman–Crippen MR) is 197 cm³/mol. The van der Waals surface area contributed by atoms with E-state index >= 15 is 0 Å². The third kappa shape index (κ3) is 3.79. The molecule has 0 N–H and O–H groups in total. The van der Waals surface area contributed by atoms with Crippen molar-refractivity contribution in [1.82, 2.24) is 9.13 Å². The van der Waals surface area contributed by atoms with Crippen molar-refractivity contribution in [3.63, 3.8) is 0 Å². The molecule has 0 atom stereocenters. The third-order valence-electron chi connectivity index (χ3n) is 9.81. The molecule has 0 spiro atoms. The van der Waals surface area contributed by atoms with Gasteiger partial charge in [-0.3, -0.25) is 0 Å². The van der Waals surface area contributed by atoms with Crippen LogP contribution >= 0.6 is 0 Å². The van der Waals surface area contributed by atoms with E-state index in [1.165, 1.54) is 0 Å². The number of fused-ring (bicyclic) bond motifs is 10. The van der Waals surface area contributed by atoms with Gasteiger partial charge in [0.1, 0.15) is 23.3 Å². The van der Waals surface area contributed by atoms with Crippen LogP contribution in [-0.2, 0) is 0 Å². The van der Waals surface area contributed by atoms with E-state index in [-0.39, 0.29) is 0 Å². The van der Waals surface area contributed by atoms with Crippen molar-refractivity contribution in [2.24, 2.45) is 0 Å². The molecule has 0 aliphatic carbocycles. The average Bonchev–Trinajstić information content (AvgIpc) is 3.82. The van der Waals surface area contributed by atoms with E-state index in [9.17, 15) is 10.5 Å². The first-order valence-corrected chi connectivity index (χ1v) is 16.1. The molecule has 3 aromatic heterocycles. The van der Waals surface area contributed by atoms with E-state index < -0.39 is 0 Å². The zero-order valence-electron chi connectivity index (χ0n) is 26.1. The Labute approximate surface area is 280 Å². The molecule has 3 heterocycles. The number of furan rings is 1. The number of aromatic nitrogens is 2. The Morgan fingerprint density at radius 1 is 0.408 bits per heavy atom. The Morgan fingerprint density at radius 2 is 0.898 bits per heavy atom. The Balaban J connectivity index is 1.15. The van der Waals surface area contributed by atoms with E-state index in [4.69, 9.17) is 4.42 Å². The van der Waals surface area contributed by atoms with Gasteiger partial charge in [-0.25, -0.2) is 0 Å². The molecular weight excluding hydrogens is 601 g/mol. The Morgan fingerprint density at radius 3 is 1.49 bits per heavy atom. The molecule has 0 aliphatic rings. The summed E-state index contributed by atoms with van der Waals surface area (Å²) < 4.78 is 10.6. The van der Waals surface area contributed by atoms with E-state index in [2.05, 4.69) is 75.9 Å². The maximum atomic E-state index is 10.5. The summed E-state index contributed by atoms with van der Waals surface area (Å²) in [5.41, 5.74) is 10.3. The molecule has 0 saturated heterocycles. The van der Waals surface area contributed by atoms with Crippen LogP contribution in [0.1, 0.15) is 11.1 Å². The summed E-state index contributed by atoms with van der Waals surface area (Å²) in [5.74, 6) is 0. The monoisotopic (exact) mass is 624 g/mol. The van der Waals surface area contributed by atoms with Gasteiger partial charge in [-0.15, -0.1) is 0 Å². The largest absolute Gasteiger partial charge is 0.456 e. The molecule has 5 heteroatoms. The van der Waals surface area contributed by atoms with Crippen LogP contribution in [0.15, 0.2) is 150 Å². The first-order chi connectivity index (χ1) is 24.2. The molecule has 49 heavy (non-hydrogen) atoms. The smallest absolute Gasteiger partial charge is 0.136 e. The number of rotatable bonds is 3. The highest BCUT2D eigenvalue weighted by molar-refractivity contribution is 6.27. The van der Waals surface area contributed by atoms with Gasteiger partial charge >= 0.3 is 0 Å². The van der Waals surface area contributed by atoms with Crippen molar-refractivity contribution in [3.05, 3.63) is 157 Å². The lowest BCUT2D eigenvalue weighted by Crippen LogP contribution is -1.99. The predicted octanol–water partition coefficient (Wildman–Crippen LogP) is 11.2. The van der Waals surface area contributed by atoms with Crippen LogP contribution in [-0.4, -0.2) is 9.13 Å². The minimum Gasteiger partial charge on any atom is -0.456 e. The summed E-state index contributed by atoms with van der Waals surface area (Å²) in [6.45, 7) is 0. The van der Waals surface area contributed by atoms with Gasteiger partial charge in [-0.2, -0.15) is 10.5 Å². The molecule has 0 unspecified atom stereocenters. The zero-order valence-corrected chi connectivity index (χ0v) is 26.1. The van der Waals surface area contributed by atoms with Crippen LogP contribution in [0.4, 0.5) is 0 Å². The van der Waals surface area contributed by atoms with Crippen molar-refractivity contribution in [2.45, 2.75) is 0 Å². The van der Waals surface area contributed by atoms with Gasteiger partial charge in [-0.05, 0) is 71.8 Å². The van der Waals surface area contributed by atoms with Crippen molar-refractivity contribution in [1.29, 1.82) is 10.5 Å². The second kappa shape index (κ2) is 10.2. The zero-order chi connectivity index (χ0) is 32.6. The van der Waals surface area contributed by atoms with Crippen molar-refractivity contribution in [2.75, 3.05) is 0 Å². The van der Waals surface area contributed by atoms with Gasteiger partial charge in [-0.1, -0.05) is 84.9 Å². The third-order valence-corrected chi connectivity index (χ3v) is 9.81. The highest BCUT2D eigenvalue weighted by atomic mass is 16.3. The van der Waals surface area contributed by atoms with Gasteiger partial charge < -0.3 is 13.6 Å². The maximum absolute atomic E-state index is 10.5. The molecule has 0 amide bonds. The summed E-state index contributed by atoms with van der Waals surface area (Å²) in [6, 6.07) is 54.0. The van der Waals surface area contributed by atoms with Crippen LogP contribution in [0.5, 0.6) is 0 Å². The fraction of sp³-hybridized carbons (Fsp3) is 0. The van der Waals surface area contributed by atoms with Crippen molar-refractivity contribution in [3.8, 4) is 34.6 Å². The molecule has 0 fully saturated rings. The van der Waals surface area contributed by atoms with Crippen LogP contribution < -0.4 is 0 Å². The molecule has 7 aromatic carbocycles. The number of nitrogens with zero attached hydrogens (tertiary/aromatic N) is 4. The first-order valence-electron chi connectivity index (χ1n) is 16.1. The van der Waals surface area contributed by atoms with Gasteiger partial charge in [0.05, 0.1) is 44.6 Å². The van der Waals surface area contributed by atoms with Crippen LogP contribution in [0.25, 0.3) is 88.1 Å². The van der Waals surface area contributed by atoms with E-state index in [1.807, 2.05) is 91.0 Å². The Bertz CT molecular complexity index is 3030. The standard InChI is InChI=1S/C44H24N4O/c45-25-29-23-27(17-19-35(29)47-37-13-5-1-9-31(37)32-10-2-6-14-38(32)47)28-18-20-36(30(24-28)26-46)48-39-15-7-3-11-33(39)43-40(48)21-22-42-44(43)34-12-4-8-16-41(34)49-42/h1-24H. The summed E-state index contributed by atoms with van der Waals surface area (Å²) in [6.07, 6.45) is 0.